The van der Waals surface area contributed by atoms with Gasteiger partial charge in [-0.3, -0.25) is 4.98 Å². The normalized spacial score (nSPS) is 15.6. The molecule has 1 aromatic rings. The van der Waals surface area contributed by atoms with Gasteiger partial charge in [-0.05, 0) is 58.0 Å². The predicted molar refractivity (Wildman–Crippen MR) is 109 cm³/mol. The first kappa shape index (κ1) is 19.9. The number of piperidine rings is 1. The number of likely N-dealkylation sites (tertiary alicyclic amines) is 1. The van der Waals surface area contributed by atoms with Crippen LogP contribution in [0.1, 0.15) is 25.7 Å². The summed E-state index contributed by atoms with van der Waals surface area (Å²) in [6.07, 6.45) is 7.59. The number of nitrogens with one attached hydrogen (secondary N) is 3. The fourth-order valence-electron chi connectivity index (χ4n) is 2.55. The molecule has 0 unspecified atom stereocenters. The Morgan fingerprint density at radius 1 is 1.32 bits per heavy atom. The van der Waals surface area contributed by atoms with Gasteiger partial charge in [-0.2, -0.15) is 0 Å². The van der Waals surface area contributed by atoms with Gasteiger partial charge in [0.1, 0.15) is 4.32 Å². The minimum atomic E-state index is -0.200. The van der Waals surface area contributed by atoms with E-state index in [0.717, 1.165) is 36.8 Å². The summed E-state index contributed by atoms with van der Waals surface area (Å²) in [5, 5.41) is 9.55. The second-order valence-electron chi connectivity index (χ2n) is 6.16. The molecular weight excluding hydrogens is 354 g/mol. The highest BCUT2D eigenvalue weighted by molar-refractivity contribution is 8.23. The van der Waals surface area contributed by atoms with Crippen LogP contribution in [0.3, 0.4) is 0 Å². The van der Waals surface area contributed by atoms with Gasteiger partial charge in [-0.15, -0.1) is 0 Å². The zero-order valence-corrected chi connectivity index (χ0v) is 16.3. The summed E-state index contributed by atoms with van der Waals surface area (Å²) in [5.74, 6) is 0. The van der Waals surface area contributed by atoms with Crippen LogP contribution in [-0.2, 0) is 0 Å². The van der Waals surface area contributed by atoms with Crippen molar-refractivity contribution >= 4 is 40.0 Å². The summed E-state index contributed by atoms with van der Waals surface area (Å²) >= 11 is 7.21. The van der Waals surface area contributed by atoms with Gasteiger partial charge < -0.3 is 20.9 Å². The van der Waals surface area contributed by atoms with Gasteiger partial charge in [0.25, 0.3) is 0 Å². The van der Waals surface area contributed by atoms with Gasteiger partial charge in [0.2, 0.25) is 0 Å². The number of thiocarbonyl (C=S) groups is 1. The van der Waals surface area contributed by atoms with Gasteiger partial charge >= 0.3 is 6.03 Å². The number of hydrogen-bond acceptors (Lipinski definition) is 5. The molecule has 6 nitrogen and oxygen atoms in total. The standard InChI is InChI=1S/C17H27N5OS2/c1-22-11-6-15(7-12-22)25-17(24)20-10-3-2-9-19-16(23)21-14-5-4-8-18-13-14/h4-5,8,13,15H,2-3,6-7,9-12H2,1H3,(H,20,24)(H2,19,21,23). The number of amides is 2. The van der Waals surface area contributed by atoms with E-state index in [1.165, 1.54) is 12.8 Å². The van der Waals surface area contributed by atoms with Crippen LogP contribution in [0.4, 0.5) is 10.5 Å². The molecular formula is C17H27N5OS2. The first-order valence-corrected chi connectivity index (χ1v) is 10.00. The second kappa shape index (κ2) is 11.3. The third-order valence-electron chi connectivity index (χ3n) is 4.02. The molecule has 0 spiro atoms. The molecule has 0 bridgehead atoms. The van der Waals surface area contributed by atoms with E-state index in [4.69, 9.17) is 12.2 Å². The molecule has 0 aromatic carbocycles. The Labute approximate surface area is 159 Å². The molecule has 25 heavy (non-hydrogen) atoms. The van der Waals surface area contributed by atoms with Crippen molar-refractivity contribution in [3.8, 4) is 0 Å². The number of pyridine rings is 1. The van der Waals surface area contributed by atoms with Crippen molar-refractivity contribution in [2.45, 2.75) is 30.9 Å². The number of anilines is 1. The fourth-order valence-corrected chi connectivity index (χ4v) is 4.00. The Balaban J connectivity index is 1.46. The van der Waals surface area contributed by atoms with Crippen LogP contribution in [0.25, 0.3) is 0 Å². The largest absolute Gasteiger partial charge is 0.371 e. The van der Waals surface area contributed by atoms with E-state index in [9.17, 15) is 4.79 Å². The predicted octanol–water partition coefficient (Wildman–Crippen LogP) is 2.69. The molecule has 1 saturated heterocycles. The van der Waals surface area contributed by atoms with Crippen LogP contribution in [0, 0.1) is 0 Å². The molecule has 138 valence electrons. The van der Waals surface area contributed by atoms with E-state index in [2.05, 4.69) is 32.9 Å². The minimum Gasteiger partial charge on any atom is -0.371 e. The first-order valence-electron chi connectivity index (χ1n) is 8.71. The maximum Gasteiger partial charge on any atom is 0.319 e. The number of hydrogen-bond donors (Lipinski definition) is 3. The molecule has 8 heteroatoms. The van der Waals surface area contributed by atoms with Gasteiger partial charge in [0.05, 0.1) is 11.9 Å². The SMILES string of the molecule is CN1CCC(SC(=S)NCCCCNC(=O)Nc2cccnc2)CC1. The van der Waals surface area contributed by atoms with E-state index in [1.807, 2.05) is 0 Å². The summed E-state index contributed by atoms with van der Waals surface area (Å²) in [7, 11) is 2.17. The number of thioether (sulfide) groups is 1. The van der Waals surface area contributed by atoms with Crippen LogP contribution < -0.4 is 16.0 Å². The van der Waals surface area contributed by atoms with Crippen molar-refractivity contribution in [2.75, 3.05) is 38.5 Å². The van der Waals surface area contributed by atoms with Crippen LogP contribution in [0.15, 0.2) is 24.5 Å². The van der Waals surface area contributed by atoms with Gasteiger partial charge in [-0.25, -0.2) is 4.79 Å². The van der Waals surface area contributed by atoms with Crippen molar-refractivity contribution in [3.05, 3.63) is 24.5 Å². The van der Waals surface area contributed by atoms with Crippen LogP contribution in [0.2, 0.25) is 0 Å². The molecule has 2 amide bonds. The van der Waals surface area contributed by atoms with Crippen LogP contribution in [0.5, 0.6) is 0 Å². The topological polar surface area (TPSA) is 69.3 Å². The molecule has 3 N–H and O–H groups in total. The highest BCUT2D eigenvalue weighted by Crippen LogP contribution is 2.23. The van der Waals surface area contributed by atoms with Crippen molar-refractivity contribution in [3.63, 3.8) is 0 Å². The number of aromatic nitrogens is 1. The minimum absolute atomic E-state index is 0.200. The summed E-state index contributed by atoms with van der Waals surface area (Å²) in [5.41, 5.74) is 0.693. The van der Waals surface area contributed by atoms with E-state index in [0.29, 0.717) is 17.5 Å². The second-order valence-corrected chi connectivity index (χ2v) is 8.14. The number of nitrogens with zero attached hydrogens (tertiary/aromatic N) is 2. The van der Waals surface area contributed by atoms with Gasteiger partial charge in [0, 0.05) is 24.5 Å². The zero-order valence-electron chi connectivity index (χ0n) is 14.7. The van der Waals surface area contributed by atoms with Crippen molar-refractivity contribution in [1.82, 2.24) is 20.5 Å². The molecule has 1 aromatic heterocycles. The first-order chi connectivity index (χ1) is 12.1. The van der Waals surface area contributed by atoms with Gasteiger partial charge in [-0.1, -0.05) is 24.0 Å². The lowest BCUT2D eigenvalue weighted by Crippen LogP contribution is -2.33. The van der Waals surface area contributed by atoms with Crippen LogP contribution in [-0.4, -0.2) is 58.7 Å². The molecule has 0 aliphatic carbocycles. The Morgan fingerprint density at radius 3 is 2.72 bits per heavy atom. The van der Waals surface area contributed by atoms with Crippen molar-refractivity contribution in [1.29, 1.82) is 0 Å². The molecule has 2 rings (SSSR count). The third-order valence-corrected chi connectivity index (χ3v) is 5.61. The Kier molecular flexibility index (Phi) is 8.99. The van der Waals surface area contributed by atoms with Gasteiger partial charge in [0.15, 0.2) is 0 Å². The monoisotopic (exact) mass is 381 g/mol. The lowest BCUT2D eigenvalue weighted by atomic mass is 10.1. The highest BCUT2D eigenvalue weighted by atomic mass is 32.2. The number of carbonyl (C=O) groups is 1. The number of carbonyl (C=O) groups excluding carboxylic acids is 1. The van der Waals surface area contributed by atoms with Crippen molar-refractivity contribution in [2.24, 2.45) is 0 Å². The molecule has 1 aliphatic heterocycles. The number of urea groups is 1. The summed E-state index contributed by atoms with van der Waals surface area (Å²) in [6.45, 7) is 3.81. The Hall–Kier alpha value is -1.38. The summed E-state index contributed by atoms with van der Waals surface area (Å²) in [6, 6.07) is 3.39. The van der Waals surface area contributed by atoms with E-state index in [-0.39, 0.29) is 6.03 Å². The quantitative estimate of drug-likeness (QED) is 0.498. The van der Waals surface area contributed by atoms with E-state index < -0.39 is 0 Å². The lowest BCUT2D eigenvalue weighted by molar-refractivity contribution is 0.252. The molecule has 1 fully saturated rings. The fraction of sp³-hybridized carbons (Fsp3) is 0.588. The maximum absolute atomic E-state index is 11.7. The highest BCUT2D eigenvalue weighted by Gasteiger charge is 2.18. The Morgan fingerprint density at radius 2 is 2.04 bits per heavy atom. The molecule has 1 aliphatic rings. The third kappa shape index (κ3) is 8.51. The average Bonchev–Trinajstić information content (AvgIpc) is 2.61. The summed E-state index contributed by atoms with van der Waals surface area (Å²) in [4.78, 5) is 18.0. The lowest BCUT2D eigenvalue weighted by Gasteiger charge is -2.28. The number of unbranched alkanes of at least 4 members (excludes halogenated alkanes) is 1. The molecule has 0 radical (unpaired) electrons. The maximum atomic E-state index is 11.7. The smallest absolute Gasteiger partial charge is 0.319 e. The van der Waals surface area contributed by atoms with E-state index in [1.54, 1.807) is 36.3 Å². The molecule has 0 atom stereocenters. The average molecular weight is 382 g/mol. The van der Waals surface area contributed by atoms with Crippen molar-refractivity contribution < 1.29 is 4.79 Å². The zero-order chi connectivity index (χ0) is 17.9. The van der Waals surface area contributed by atoms with Crippen LogP contribution >= 0.6 is 24.0 Å². The van der Waals surface area contributed by atoms with E-state index >= 15 is 0 Å². The Bertz CT molecular complexity index is 535. The summed E-state index contributed by atoms with van der Waals surface area (Å²) < 4.78 is 0.900. The molecule has 0 saturated carbocycles. The molecule has 2 heterocycles. The number of rotatable bonds is 7.